The van der Waals surface area contributed by atoms with Crippen LogP contribution in [-0.2, 0) is 0 Å². The second-order valence-electron chi connectivity index (χ2n) is 4.99. The fourth-order valence-electron chi connectivity index (χ4n) is 2.19. The number of nitrogens with two attached hydrogens (primary N) is 1. The Morgan fingerprint density at radius 3 is 2.71 bits per heavy atom. The molecule has 0 spiro atoms. The number of hydrogen-bond donors (Lipinski definition) is 2. The van der Waals surface area contributed by atoms with Gasteiger partial charge in [0, 0.05) is 6.54 Å². The highest BCUT2D eigenvalue weighted by Gasteiger charge is 2.35. The lowest BCUT2D eigenvalue weighted by molar-refractivity contribution is 0.163. The van der Waals surface area contributed by atoms with Gasteiger partial charge >= 0.3 is 0 Å². The molecule has 1 aliphatic carbocycles. The fourth-order valence-corrected chi connectivity index (χ4v) is 2.48. The molecule has 4 heteroatoms. The summed E-state index contributed by atoms with van der Waals surface area (Å²) in [6.07, 6.45) is 3.51. The number of benzene rings is 1. The van der Waals surface area contributed by atoms with Gasteiger partial charge in [-0.25, -0.2) is 4.39 Å². The zero-order chi connectivity index (χ0) is 12.5. The first-order valence-corrected chi connectivity index (χ1v) is 6.34. The molecule has 0 radical (unpaired) electrons. The largest absolute Gasteiger partial charge is 0.383 e. The van der Waals surface area contributed by atoms with Gasteiger partial charge in [-0.2, -0.15) is 0 Å². The van der Waals surface area contributed by atoms with E-state index in [4.69, 9.17) is 17.3 Å². The van der Waals surface area contributed by atoms with Crippen molar-refractivity contribution in [3.8, 4) is 0 Å². The number of aryl methyl sites for hydroxylation is 1. The molecule has 1 saturated carbocycles. The molecule has 94 valence electrons. The van der Waals surface area contributed by atoms with E-state index in [1.165, 1.54) is 12.5 Å². The SMILES string of the molecule is Cc1cc(Cl)c(NCC2(CN)CCC2)cc1F. The van der Waals surface area contributed by atoms with Crippen molar-refractivity contribution in [1.82, 2.24) is 0 Å². The van der Waals surface area contributed by atoms with Crippen molar-refractivity contribution < 1.29 is 4.39 Å². The number of halogens is 2. The molecule has 0 amide bonds. The molecular formula is C13H18ClFN2. The van der Waals surface area contributed by atoms with E-state index in [-0.39, 0.29) is 11.2 Å². The van der Waals surface area contributed by atoms with Crippen LogP contribution in [0.15, 0.2) is 12.1 Å². The molecule has 0 atom stereocenters. The van der Waals surface area contributed by atoms with Gasteiger partial charge in [0.2, 0.25) is 0 Å². The molecule has 0 saturated heterocycles. The van der Waals surface area contributed by atoms with Crippen LogP contribution in [0.4, 0.5) is 10.1 Å². The van der Waals surface area contributed by atoms with Crippen LogP contribution >= 0.6 is 11.6 Å². The summed E-state index contributed by atoms with van der Waals surface area (Å²) in [6.45, 7) is 3.15. The molecule has 2 nitrogen and oxygen atoms in total. The minimum atomic E-state index is -0.229. The van der Waals surface area contributed by atoms with Crippen LogP contribution in [0, 0.1) is 18.2 Å². The van der Waals surface area contributed by atoms with E-state index in [2.05, 4.69) is 5.32 Å². The third-order valence-corrected chi connectivity index (χ3v) is 4.06. The maximum absolute atomic E-state index is 13.4. The first kappa shape index (κ1) is 12.7. The molecule has 1 aliphatic rings. The predicted molar refractivity (Wildman–Crippen MR) is 70.0 cm³/mol. The summed E-state index contributed by atoms with van der Waals surface area (Å²) in [4.78, 5) is 0. The van der Waals surface area contributed by atoms with Gasteiger partial charge in [0.15, 0.2) is 0 Å². The quantitative estimate of drug-likeness (QED) is 0.867. The summed E-state index contributed by atoms with van der Waals surface area (Å²) in [5.41, 5.74) is 7.19. The van der Waals surface area contributed by atoms with Crippen LogP contribution < -0.4 is 11.1 Å². The van der Waals surface area contributed by atoms with E-state index in [1.54, 1.807) is 13.0 Å². The molecule has 1 fully saturated rings. The normalized spacial score (nSPS) is 17.6. The van der Waals surface area contributed by atoms with Crippen LogP contribution in [0.2, 0.25) is 5.02 Å². The number of nitrogens with one attached hydrogen (secondary N) is 1. The van der Waals surface area contributed by atoms with Gasteiger partial charge in [-0.3, -0.25) is 0 Å². The average Bonchev–Trinajstić information content (AvgIpc) is 2.24. The lowest BCUT2D eigenvalue weighted by Gasteiger charge is -2.41. The summed E-state index contributed by atoms with van der Waals surface area (Å²) in [5.74, 6) is -0.229. The fraction of sp³-hybridized carbons (Fsp3) is 0.538. The summed E-state index contributed by atoms with van der Waals surface area (Å²) < 4.78 is 13.4. The van der Waals surface area contributed by atoms with Gasteiger partial charge in [0.1, 0.15) is 5.82 Å². The van der Waals surface area contributed by atoms with Crippen molar-refractivity contribution in [2.75, 3.05) is 18.4 Å². The van der Waals surface area contributed by atoms with Crippen LogP contribution in [0.25, 0.3) is 0 Å². The molecule has 0 unspecified atom stereocenters. The molecule has 1 aromatic carbocycles. The van der Waals surface area contributed by atoms with Crippen molar-refractivity contribution in [1.29, 1.82) is 0 Å². The summed E-state index contributed by atoms with van der Waals surface area (Å²) >= 11 is 6.07. The Labute approximate surface area is 106 Å². The molecule has 0 aromatic heterocycles. The topological polar surface area (TPSA) is 38.0 Å². The summed E-state index contributed by atoms with van der Waals surface area (Å²) in [5, 5.41) is 3.79. The minimum Gasteiger partial charge on any atom is -0.383 e. The highest BCUT2D eigenvalue weighted by Crippen LogP contribution is 2.40. The van der Waals surface area contributed by atoms with Crippen LogP contribution in [0.1, 0.15) is 24.8 Å². The highest BCUT2D eigenvalue weighted by atomic mass is 35.5. The van der Waals surface area contributed by atoms with Gasteiger partial charge in [0.25, 0.3) is 0 Å². The van der Waals surface area contributed by atoms with Crippen molar-refractivity contribution in [3.05, 3.63) is 28.5 Å². The van der Waals surface area contributed by atoms with Gasteiger partial charge in [-0.1, -0.05) is 18.0 Å². The first-order chi connectivity index (χ1) is 8.06. The van der Waals surface area contributed by atoms with Crippen molar-refractivity contribution in [3.63, 3.8) is 0 Å². The van der Waals surface area contributed by atoms with Crippen molar-refractivity contribution in [2.45, 2.75) is 26.2 Å². The Hall–Kier alpha value is -0.800. The third kappa shape index (κ3) is 2.55. The van der Waals surface area contributed by atoms with Gasteiger partial charge in [0.05, 0.1) is 10.7 Å². The molecular weight excluding hydrogens is 239 g/mol. The first-order valence-electron chi connectivity index (χ1n) is 5.96. The van der Waals surface area contributed by atoms with E-state index in [9.17, 15) is 4.39 Å². The van der Waals surface area contributed by atoms with E-state index < -0.39 is 0 Å². The van der Waals surface area contributed by atoms with Crippen LogP contribution in [-0.4, -0.2) is 13.1 Å². The Morgan fingerprint density at radius 1 is 1.47 bits per heavy atom. The van der Waals surface area contributed by atoms with E-state index in [0.29, 0.717) is 22.8 Å². The van der Waals surface area contributed by atoms with E-state index in [1.807, 2.05) is 0 Å². The summed E-state index contributed by atoms with van der Waals surface area (Å²) in [7, 11) is 0. The van der Waals surface area contributed by atoms with E-state index in [0.717, 1.165) is 19.4 Å². The summed E-state index contributed by atoms with van der Waals surface area (Å²) in [6, 6.07) is 3.11. The standard InChI is InChI=1S/C13H18ClFN2/c1-9-5-10(14)12(6-11(9)15)17-8-13(7-16)3-2-4-13/h5-6,17H,2-4,7-8,16H2,1H3. The van der Waals surface area contributed by atoms with Crippen molar-refractivity contribution in [2.24, 2.45) is 11.1 Å². The maximum atomic E-state index is 13.4. The maximum Gasteiger partial charge on any atom is 0.128 e. The molecule has 3 N–H and O–H groups in total. The second kappa shape index (κ2) is 4.83. The van der Waals surface area contributed by atoms with Crippen LogP contribution in [0.5, 0.6) is 0 Å². The lowest BCUT2D eigenvalue weighted by Crippen LogP contribution is -2.43. The average molecular weight is 257 g/mol. The lowest BCUT2D eigenvalue weighted by atomic mass is 9.69. The second-order valence-corrected chi connectivity index (χ2v) is 5.40. The monoisotopic (exact) mass is 256 g/mol. The zero-order valence-electron chi connectivity index (χ0n) is 10.0. The molecule has 0 aliphatic heterocycles. The van der Waals surface area contributed by atoms with Gasteiger partial charge in [-0.05, 0) is 49.4 Å². The van der Waals surface area contributed by atoms with Crippen LogP contribution in [0.3, 0.4) is 0 Å². The zero-order valence-corrected chi connectivity index (χ0v) is 10.8. The molecule has 17 heavy (non-hydrogen) atoms. The Morgan fingerprint density at radius 2 is 2.18 bits per heavy atom. The number of rotatable bonds is 4. The van der Waals surface area contributed by atoms with E-state index >= 15 is 0 Å². The minimum absolute atomic E-state index is 0.185. The molecule has 0 bridgehead atoms. The third-order valence-electron chi connectivity index (χ3n) is 3.75. The van der Waals surface area contributed by atoms with Gasteiger partial charge < -0.3 is 11.1 Å². The Balaban J connectivity index is 2.06. The molecule has 2 rings (SSSR count). The predicted octanol–water partition coefficient (Wildman–Crippen LogP) is 3.33. The Bertz CT molecular complexity index is 411. The molecule has 1 aromatic rings. The van der Waals surface area contributed by atoms with Crippen molar-refractivity contribution >= 4 is 17.3 Å². The number of anilines is 1. The highest BCUT2D eigenvalue weighted by molar-refractivity contribution is 6.33. The Kier molecular flexibility index (Phi) is 3.59. The molecule has 0 heterocycles. The smallest absolute Gasteiger partial charge is 0.128 e. The van der Waals surface area contributed by atoms with Gasteiger partial charge in [-0.15, -0.1) is 0 Å². The number of hydrogen-bond acceptors (Lipinski definition) is 2.